The molecule has 0 aliphatic carbocycles. The minimum Gasteiger partial charge on any atom is -0.330 e. The minimum atomic E-state index is -3.65. The van der Waals surface area contributed by atoms with E-state index in [1.165, 1.54) is 22.5 Å². The fourth-order valence-corrected chi connectivity index (χ4v) is 4.88. The fraction of sp³-hybridized carbons (Fsp3) is 0.333. The second-order valence-electron chi connectivity index (χ2n) is 6.25. The predicted octanol–water partition coefficient (Wildman–Crippen LogP) is 2.50. The van der Waals surface area contributed by atoms with Gasteiger partial charge in [-0.05, 0) is 48.7 Å². The molecule has 2 atom stereocenters. The summed E-state index contributed by atoms with van der Waals surface area (Å²) in [6, 6.07) is 13.8. The largest absolute Gasteiger partial charge is 0.330 e. The van der Waals surface area contributed by atoms with Crippen LogP contribution in [-0.2, 0) is 10.0 Å². The molecular weight excluding hydrogens is 327 g/mol. The van der Waals surface area contributed by atoms with Crippen LogP contribution in [-0.4, -0.2) is 32.4 Å². The number of hydrogen-bond acceptors (Lipinski definition) is 3. The Hall–Kier alpha value is -1.76. The fourth-order valence-electron chi connectivity index (χ4n) is 3.27. The molecule has 1 saturated heterocycles. The number of benzene rings is 2. The van der Waals surface area contributed by atoms with Crippen molar-refractivity contribution in [3.05, 3.63) is 65.5 Å². The van der Waals surface area contributed by atoms with Gasteiger partial charge in [-0.2, -0.15) is 4.31 Å². The van der Waals surface area contributed by atoms with E-state index in [9.17, 15) is 12.8 Å². The van der Waals surface area contributed by atoms with Crippen molar-refractivity contribution in [1.82, 2.24) is 4.31 Å². The van der Waals surface area contributed by atoms with Crippen LogP contribution in [0.25, 0.3) is 0 Å². The van der Waals surface area contributed by atoms with E-state index in [0.717, 1.165) is 5.56 Å². The van der Waals surface area contributed by atoms with Crippen molar-refractivity contribution in [3.8, 4) is 0 Å². The van der Waals surface area contributed by atoms with Crippen LogP contribution in [0.1, 0.15) is 17.0 Å². The van der Waals surface area contributed by atoms with Crippen LogP contribution < -0.4 is 5.73 Å². The topological polar surface area (TPSA) is 63.4 Å². The van der Waals surface area contributed by atoms with Crippen LogP contribution in [0.4, 0.5) is 4.39 Å². The molecular formula is C18H21FN2O2S. The van der Waals surface area contributed by atoms with E-state index in [1.807, 2.05) is 30.3 Å². The van der Waals surface area contributed by atoms with Crippen molar-refractivity contribution in [1.29, 1.82) is 0 Å². The quantitative estimate of drug-likeness (QED) is 0.923. The van der Waals surface area contributed by atoms with Crippen molar-refractivity contribution in [2.24, 2.45) is 11.7 Å². The zero-order chi connectivity index (χ0) is 17.3. The van der Waals surface area contributed by atoms with Gasteiger partial charge in [0.1, 0.15) is 5.82 Å². The highest BCUT2D eigenvalue weighted by Crippen LogP contribution is 2.35. The molecule has 1 aliphatic heterocycles. The molecule has 1 aliphatic rings. The summed E-state index contributed by atoms with van der Waals surface area (Å²) in [6.45, 7) is 2.77. The van der Waals surface area contributed by atoms with Gasteiger partial charge in [-0.3, -0.25) is 0 Å². The Labute approximate surface area is 142 Å². The third-order valence-corrected chi connectivity index (χ3v) is 6.53. The van der Waals surface area contributed by atoms with Gasteiger partial charge >= 0.3 is 0 Å². The molecule has 24 heavy (non-hydrogen) atoms. The Morgan fingerprint density at radius 1 is 1.17 bits per heavy atom. The summed E-state index contributed by atoms with van der Waals surface area (Å²) in [7, 11) is -3.65. The Bertz CT molecular complexity index is 824. The van der Waals surface area contributed by atoms with E-state index in [2.05, 4.69) is 0 Å². The third kappa shape index (κ3) is 3.09. The van der Waals surface area contributed by atoms with Crippen LogP contribution >= 0.6 is 0 Å². The molecule has 6 heteroatoms. The smallest absolute Gasteiger partial charge is 0.243 e. The number of rotatable bonds is 4. The highest BCUT2D eigenvalue weighted by atomic mass is 32.2. The van der Waals surface area contributed by atoms with E-state index in [4.69, 9.17) is 5.73 Å². The second kappa shape index (κ2) is 6.63. The van der Waals surface area contributed by atoms with E-state index in [1.54, 1.807) is 6.92 Å². The zero-order valence-corrected chi connectivity index (χ0v) is 14.3. The van der Waals surface area contributed by atoms with Gasteiger partial charge in [-0.1, -0.05) is 30.3 Å². The molecule has 2 aromatic rings. The van der Waals surface area contributed by atoms with Crippen molar-refractivity contribution in [3.63, 3.8) is 0 Å². The molecule has 0 unspecified atom stereocenters. The molecule has 0 aromatic heterocycles. The Morgan fingerprint density at radius 3 is 2.50 bits per heavy atom. The lowest BCUT2D eigenvalue weighted by molar-refractivity contribution is 0.458. The van der Waals surface area contributed by atoms with E-state index >= 15 is 0 Å². The van der Waals surface area contributed by atoms with Gasteiger partial charge in [0.25, 0.3) is 0 Å². The average Bonchev–Trinajstić information content (AvgIpc) is 3.03. The molecule has 2 aromatic carbocycles. The molecule has 2 N–H and O–H groups in total. The molecule has 0 spiro atoms. The summed E-state index contributed by atoms with van der Waals surface area (Å²) in [6.07, 6.45) is 0. The maximum Gasteiger partial charge on any atom is 0.243 e. The first-order chi connectivity index (χ1) is 11.4. The molecule has 1 heterocycles. The lowest BCUT2D eigenvalue weighted by atomic mass is 9.89. The molecule has 1 fully saturated rings. The second-order valence-corrected chi connectivity index (χ2v) is 8.18. The first-order valence-electron chi connectivity index (χ1n) is 7.95. The number of nitrogens with two attached hydrogens (primary N) is 1. The number of halogens is 1. The Kier molecular flexibility index (Phi) is 4.71. The van der Waals surface area contributed by atoms with Crippen LogP contribution in [0.2, 0.25) is 0 Å². The van der Waals surface area contributed by atoms with Gasteiger partial charge in [0.2, 0.25) is 10.0 Å². The average molecular weight is 348 g/mol. The van der Waals surface area contributed by atoms with Crippen LogP contribution in [0, 0.1) is 18.7 Å². The highest BCUT2D eigenvalue weighted by molar-refractivity contribution is 7.89. The first-order valence-corrected chi connectivity index (χ1v) is 9.39. The zero-order valence-electron chi connectivity index (χ0n) is 13.5. The number of hydrogen-bond donors (Lipinski definition) is 1. The van der Waals surface area contributed by atoms with Crippen molar-refractivity contribution >= 4 is 10.0 Å². The molecule has 0 radical (unpaired) electrons. The van der Waals surface area contributed by atoms with Gasteiger partial charge in [-0.15, -0.1) is 0 Å². The maximum atomic E-state index is 13.4. The highest BCUT2D eigenvalue weighted by Gasteiger charge is 2.39. The summed E-state index contributed by atoms with van der Waals surface area (Å²) in [5, 5.41) is 0. The van der Waals surface area contributed by atoms with Crippen molar-refractivity contribution in [2.75, 3.05) is 19.6 Å². The third-order valence-electron chi connectivity index (χ3n) is 4.71. The summed E-state index contributed by atoms with van der Waals surface area (Å²) < 4.78 is 40.7. The molecule has 0 saturated carbocycles. The van der Waals surface area contributed by atoms with Crippen LogP contribution in [0.3, 0.4) is 0 Å². The Morgan fingerprint density at radius 2 is 1.88 bits per heavy atom. The Balaban J connectivity index is 1.91. The van der Waals surface area contributed by atoms with Gasteiger partial charge in [0.05, 0.1) is 4.90 Å². The lowest BCUT2D eigenvalue weighted by Crippen LogP contribution is -2.30. The summed E-state index contributed by atoms with van der Waals surface area (Å²) in [4.78, 5) is 0.130. The molecule has 4 nitrogen and oxygen atoms in total. The van der Waals surface area contributed by atoms with Gasteiger partial charge in [0.15, 0.2) is 0 Å². The molecule has 3 rings (SSSR count). The summed E-state index contributed by atoms with van der Waals surface area (Å²) in [5.74, 6) is -0.256. The normalized spacial score (nSPS) is 22.0. The van der Waals surface area contributed by atoms with Gasteiger partial charge < -0.3 is 5.73 Å². The number of sulfonamides is 1. The van der Waals surface area contributed by atoms with Crippen LogP contribution in [0.5, 0.6) is 0 Å². The maximum absolute atomic E-state index is 13.4. The first kappa shape index (κ1) is 17.1. The molecule has 128 valence electrons. The van der Waals surface area contributed by atoms with E-state index in [0.29, 0.717) is 25.2 Å². The van der Waals surface area contributed by atoms with Gasteiger partial charge in [-0.25, -0.2) is 12.8 Å². The standard InChI is InChI=1S/C18H21FN2O2S/c1-13-9-16(7-8-18(13)19)24(22,23)21-11-15(10-20)17(12-21)14-5-3-2-4-6-14/h2-9,15,17H,10-12,20H2,1H3/t15-,17+/m1/s1. The van der Waals surface area contributed by atoms with E-state index in [-0.39, 0.29) is 16.7 Å². The monoisotopic (exact) mass is 348 g/mol. The number of aryl methyl sites for hydroxylation is 1. The van der Waals surface area contributed by atoms with E-state index < -0.39 is 15.8 Å². The summed E-state index contributed by atoms with van der Waals surface area (Å²) >= 11 is 0. The van der Waals surface area contributed by atoms with Crippen molar-refractivity contribution < 1.29 is 12.8 Å². The van der Waals surface area contributed by atoms with Crippen LogP contribution in [0.15, 0.2) is 53.4 Å². The summed E-state index contributed by atoms with van der Waals surface area (Å²) in [5.41, 5.74) is 7.30. The van der Waals surface area contributed by atoms with Crippen molar-refractivity contribution in [2.45, 2.75) is 17.7 Å². The lowest BCUT2D eigenvalue weighted by Gasteiger charge is -2.17. The molecule has 0 amide bonds. The minimum absolute atomic E-state index is 0.0729. The van der Waals surface area contributed by atoms with Gasteiger partial charge in [0, 0.05) is 19.0 Å². The predicted molar refractivity (Wildman–Crippen MR) is 91.6 cm³/mol. The number of nitrogens with zero attached hydrogens (tertiary/aromatic N) is 1. The molecule has 0 bridgehead atoms. The SMILES string of the molecule is Cc1cc(S(=O)(=O)N2C[C@@H](CN)[C@H](c3ccccc3)C2)ccc1F.